The molecule has 200 valence electrons. The summed E-state index contributed by atoms with van der Waals surface area (Å²) >= 11 is 12.0. The Labute approximate surface area is 223 Å². The maximum Gasteiger partial charge on any atom is 0.430 e. The summed E-state index contributed by atoms with van der Waals surface area (Å²) in [6.07, 6.45) is -4.21. The number of rotatable bonds is 5. The molecule has 1 N–H and O–H groups in total. The smallest absolute Gasteiger partial charge is 0.430 e. The van der Waals surface area contributed by atoms with Gasteiger partial charge in [0.05, 0.1) is 7.11 Å². The largest absolute Gasteiger partial charge is 0.496 e. The number of hydrogen-bond donors (Lipinski definition) is 1. The lowest BCUT2D eigenvalue weighted by atomic mass is 9.62. The van der Waals surface area contributed by atoms with Gasteiger partial charge in [-0.2, -0.15) is 13.2 Å². The predicted molar refractivity (Wildman–Crippen MR) is 133 cm³/mol. The topological polar surface area (TPSA) is 67.9 Å². The van der Waals surface area contributed by atoms with Crippen molar-refractivity contribution in [2.24, 2.45) is 5.41 Å². The molecule has 4 rings (SSSR count). The standard InChI is InChI=1S/C26H27Cl2F3N2O4/c1-36-21-6-4-3-5-19(21)20-15-32-22(34)14-24(20)7-9-33(10-8-24)23(35)25(37-2,26(29,30)31)16-11-17(27)13-18(28)12-16/h3-6,11-13,20H,7-10,14-15H2,1-2H3,(H,32,34)/t20-,25-/m1/s1. The fraction of sp³-hybridized carbons (Fsp3) is 0.462. The molecule has 2 saturated heterocycles. The molecule has 6 nitrogen and oxygen atoms in total. The highest BCUT2D eigenvalue weighted by Crippen LogP contribution is 2.52. The summed E-state index contributed by atoms with van der Waals surface area (Å²) in [5.74, 6) is -0.819. The van der Waals surface area contributed by atoms with Gasteiger partial charge in [0, 0.05) is 54.7 Å². The van der Waals surface area contributed by atoms with E-state index in [1.807, 2.05) is 24.3 Å². The minimum atomic E-state index is -5.09. The molecule has 2 aromatic carbocycles. The molecule has 0 saturated carbocycles. The van der Waals surface area contributed by atoms with Crippen molar-refractivity contribution in [3.63, 3.8) is 0 Å². The van der Waals surface area contributed by atoms with Crippen LogP contribution in [-0.4, -0.2) is 56.7 Å². The van der Waals surface area contributed by atoms with Gasteiger partial charge in [-0.15, -0.1) is 0 Å². The maximum atomic E-state index is 14.6. The molecule has 2 amide bonds. The summed E-state index contributed by atoms with van der Waals surface area (Å²) in [6.45, 7) is 0.416. The minimum absolute atomic E-state index is 0.0211. The highest BCUT2D eigenvalue weighted by molar-refractivity contribution is 6.34. The number of methoxy groups -OCH3 is 2. The minimum Gasteiger partial charge on any atom is -0.496 e. The second-order valence-corrected chi connectivity index (χ2v) is 10.3. The monoisotopic (exact) mass is 558 g/mol. The Bertz CT molecular complexity index is 1160. The highest BCUT2D eigenvalue weighted by atomic mass is 35.5. The van der Waals surface area contributed by atoms with Crippen molar-refractivity contribution in [2.45, 2.75) is 37.0 Å². The number of amides is 2. The van der Waals surface area contributed by atoms with Gasteiger partial charge in [0.2, 0.25) is 5.91 Å². The number of nitrogens with zero attached hydrogens (tertiary/aromatic N) is 1. The van der Waals surface area contributed by atoms with Crippen molar-refractivity contribution in [1.82, 2.24) is 10.2 Å². The zero-order chi connectivity index (χ0) is 27.0. The fourth-order valence-corrected chi connectivity index (χ4v) is 6.25. The van der Waals surface area contributed by atoms with Gasteiger partial charge < -0.3 is 19.7 Å². The van der Waals surface area contributed by atoms with E-state index in [0.717, 1.165) is 29.7 Å². The van der Waals surface area contributed by atoms with E-state index < -0.39 is 28.7 Å². The highest BCUT2D eigenvalue weighted by Gasteiger charge is 2.64. The molecule has 11 heteroatoms. The Hall–Kier alpha value is -2.49. The van der Waals surface area contributed by atoms with Gasteiger partial charge >= 0.3 is 6.18 Å². The number of nitrogens with one attached hydrogen (secondary N) is 1. The molecule has 0 aliphatic carbocycles. The lowest BCUT2D eigenvalue weighted by molar-refractivity contribution is -0.271. The van der Waals surface area contributed by atoms with Crippen molar-refractivity contribution in [2.75, 3.05) is 33.9 Å². The number of carbonyl (C=O) groups excluding carboxylic acids is 2. The van der Waals surface area contributed by atoms with Gasteiger partial charge in [-0.05, 0) is 48.1 Å². The van der Waals surface area contributed by atoms with Crippen LogP contribution >= 0.6 is 23.2 Å². The fourth-order valence-electron chi connectivity index (χ4n) is 5.72. The molecule has 2 heterocycles. The van der Waals surface area contributed by atoms with Crippen molar-refractivity contribution < 1.29 is 32.2 Å². The van der Waals surface area contributed by atoms with Crippen molar-refractivity contribution in [1.29, 1.82) is 0 Å². The third-order valence-corrected chi connectivity index (χ3v) is 8.03. The van der Waals surface area contributed by atoms with Crippen LogP contribution in [0.3, 0.4) is 0 Å². The van der Waals surface area contributed by atoms with E-state index in [9.17, 15) is 22.8 Å². The molecule has 0 aromatic heterocycles. The first-order valence-corrected chi connectivity index (χ1v) is 12.5. The number of carbonyl (C=O) groups is 2. The molecule has 2 atom stereocenters. The van der Waals surface area contributed by atoms with Crippen LogP contribution in [0.5, 0.6) is 5.75 Å². The Morgan fingerprint density at radius 1 is 1.08 bits per heavy atom. The van der Waals surface area contributed by atoms with E-state index >= 15 is 0 Å². The third-order valence-electron chi connectivity index (χ3n) is 7.59. The van der Waals surface area contributed by atoms with Crippen LogP contribution in [0, 0.1) is 5.41 Å². The van der Waals surface area contributed by atoms with Crippen LogP contribution in [0.25, 0.3) is 0 Å². The quantitative estimate of drug-likeness (QED) is 0.539. The van der Waals surface area contributed by atoms with Gasteiger partial charge in [0.1, 0.15) is 5.75 Å². The third kappa shape index (κ3) is 4.89. The number of likely N-dealkylation sites (tertiary alicyclic amines) is 1. The average molecular weight is 559 g/mol. The Morgan fingerprint density at radius 3 is 2.27 bits per heavy atom. The summed E-state index contributed by atoms with van der Waals surface area (Å²) < 4.78 is 54.2. The van der Waals surface area contributed by atoms with Crippen LogP contribution in [0.15, 0.2) is 42.5 Å². The lowest BCUT2D eigenvalue weighted by Gasteiger charge is -2.50. The molecule has 2 aliphatic heterocycles. The molecule has 37 heavy (non-hydrogen) atoms. The molecule has 0 bridgehead atoms. The number of halogens is 5. The second kappa shape index (κ2) is 10.3. The molecule has 1 spiro atoms. The van der Waals surface area contributed by atoms with Crippen LogP contribution in [0.4, 0.5) is 13.2 Å². The summed E-state index contributed by atoms with van der Waals surface area (Å²) in [7, 11) is 2.41. The first kappa shape index (κ1) is 27.5. The Kier molecular flexibility index (Phi) is 7.70. The van der Waals surface area contributed by atoms with Gasteiger partial charge in [0.15, 0.2) is 0 Å². The summed E-state index contributed by atoms with van der Waals surface area (Å²) in [4.78, 5) is 27.2. The first-order valence-electron chi connectivity index (χ1n) is 11.7. The second-order valence-electron chi connectivity index (χ2n) is 9.47. The molecular weight excluding hydrogens is 532 g/mol. The van der Waals surface area contributed by atoms with E-state index in [-0.39, 0.29) is 41.4 Å². The van der Waals surface area contributed by atoms with E-state index in [2.05, 4.69) is 5.32 Å². The number of piperidine rings is 2. The van der Waals surface area contributed by atoms with Crippen LogP contribution in [0.1, 0.15) is 36.3 Å². The zero-order valence-corrected chi connectivity index (χ0v) is 21.8. The number of para-hydroxylation sites is 1. The SMILES string of the molecule is COc1ccccc1[C@H]1CNC(=O)CC12CCN(C(=O)[C@](OC)(c1cc(Cl)cc(Cl)c1)C(F)(F)F)CC2. The summed E-state index contributed by atoms with van der Waals surface area (Å²) in [6, 6.07) is 10.9. The van der Waals surface area contributed by atoms with Gasteiger partial charge in [-0.1, -0.05) is 41.4 Å². The molecular formula is C26H27Cl2F3N2O4. The normalized spacial score (nSPS) is 21.3. The van der Waals surface area contributed by atoms with Crippen molar-refractivity contribution in [3.05, 3.63) is 63.6 Å². The van der Waals surface area contributed by atoms with Crippen LogP contribution in [0.2, 0.25) is 10.0 Å². The first-order chi connectivity index (χ1) is 17.5. The van der Waals surface area contributed by atoms with Crippen LogP contribution in [-0.2, 0) is 19.9 Å². The van der Waals surface area contributed by atoms with E-state index in [1.165, 1.54) is 6.07 Å². The number of ether oxygens (including phenoxy) is 2. The van der Waals surface area contributed by atoms with E-state index in [4.69, 9.17) is 32.7 Å². The van der Waals surface area contributed by atoms with E-state index in [0.29, 0.717) is 25.1 Å². The van der Waals surface area contributed by atoms with Gasteiger partial charge in [-0.3, -0.25) is 9.59 Å². The number of alkyl halides is 3. The van der Waals surface area contributed by atoms with Gasteiger partial charge in [0.25, 0.3) is 11.5 Å². The number of hydrogen-bond acceptors (Lipinski definition) is 4. The van der Waals surface area contributed by atoms with Crippen molar-refractivity contribution >= 4 is 35.0 Å². The molecule has 0 unspecified atom stereocenters. The molecule has 2 aromatic rings. The summed E-state index contributed by atoms with van der Waals surface area (Å²) in [5.41, 5.74) is -3.40. The van der Waals surface area contributed by atoms with E-state index in [1.54, 1.807) is 7.11 Å². The van der Waals surface area contributed by atoms with Crippen molar-refractivity contribution in [3.8, 4) is 5.75 Å². The Balaban J connectivity index is 1.66. The number of benzene rings is 2. The predicted octanol–water partition coefficient (Wildman–Crippen LogP) is 5.32. The van der Waals surface area contributed by atoms with Gasteiger partial charge in [-0.25, -0.2) is 0 Å². The average Bonchev–Trinajstić information content (AvgIpc) is 2.84. The zero-order valence-electron chi connectivity index (χ0n) is 20.3. The Morgan fingerprint density at radius 2 is 1.70 bits per heavy atom. The lowest BCUT2D eigenvalue weighted by Crippen LogP contribution is -2.60. The molecule has 2 aliphatic rings. The maximum absolute atomic E-state index is 14.6. The molecule has 0 radical (unpaired) electrons. The summed E-state index contributed by atoms with van der Waals surface area (Å²) in [5, 5.41) is 2.80. The molecule has 2 fully saturated rings. The van der Waals surface area contributed by atoms with Crippen LogP contribution < -0.4 is 10.1 Å².